The van der Waals surface area contributed by atoms with Gasteiger partial charge >= 0.3 is 0 Å². The SMILES string of the molecule is O=C(c1noc2ccc(S(=O)(=O)Nc3ccc4c(c3)OCCO4)cc12)N1CCCCC1. The van der Waals surface area contributed by atoms with Gasteiger partial charge < -0.3 is 18.9 Å². The summed E-state index contributed by atoms with van der Waals surface area (Å²) in [6.07, 6.45) is 2.98. The Labute approximate surface area is 179 Å². The summed E-state index contributed by atoms with van der Waals surface area (Å²) in [4.78, 5) is 14.6. The second kappa shape index (κ2) is 7.77. The first-order valence-electron chi connectivity index (χ1n) is 10.1. The molecular weight excluding hydrogens is 422 g/mol. The van der Waals surface area contributed by atoms with Crippen molar-refractivity contribution in [1.82, 2.24) is 10.1 Å². The molecule has 0 bridgehead atoms. The van der Waals surface area contributed by atoms with E-state index in [-0.39, 0.29) is 16.5 Å². The van der Waals surface area contributed by atoms with E-state index in [1.807, 2.05) is 0 Å². The number of sulfonamides is 1. The maximum absolute atomic E-state index is 13.0. The van der Waals surface area contributed by atoms with E-state index in [1.165, 1.54) is 18.2 Å². The molecule has 3 heterocycles. The lowest BCUT2D eigenvalue weighted by atomic mass is 10.1. The van der Waals surface area contributed by atoms with E-state index in [0.717, 1.165) is 19.3 Å². The van der Waals surface area contributed by atoms with Crippen molar-refractivity contribution >= 4 is 32.6 Å². The van der Waals surface area contributed by atoms with Crippen LogP contribution in [-0.4, -0.2) is 50.7 Å². The molecule has 0 atom stereocenters. The van der Waals surface area contributed by atoms with Gasteiger partial charge in [0.2, 0.25) is 0 Å². The minimum atomic E-state index is -3.92. The summed E-state index contributed by atoms with van der Waals surface area (Å²) >= 11 is 0. The number of nitrogens with one attached hydrogen (secondary N) is 1. The van der Waals surface area contributed by atoms with Crippen LogP contribution >= 0.6 is 0 Å². The normalized spacial score (nSPS) is 16.3. The molecule has 1 saturated heterocycles. The molecule has 9 nitrogen and oxygen atoms in total. The second-order valence-electron chi connectivity index (χ2n) is 7.51. The Morgan fingerprint density at radius 2 is 1.74 bits per heavy atom. The Balaban J connectivity index is 1.44. The van der Waals surface area contributed by atoms with Gasteiger partial charge in [-0.3, -0.25) is 9.52 Å². The monoisotopic (exact) mass is 443 g/mol. The van der Waals surface area contributed by atoms with Gasteiger partial charge in [0.05, 0.1) is 16.0 Å². The average molecular weight is 443 g/mol. The van der Waals surface area contributed by atoms with Crippen molar-refractivity contribution in [3.8, 4) is 11.5 Å². The number of carbonyl (C=O) groups excluding carboxylic acids is 1. The van der Waals surface area contributed by atoms with Crippen LogP contribution < -0.4 is 14.2 Å². The smallest absolute Gasteiger partial charge is 0.276 e. The summed E-state index contributed by atoms with van der Waals surface area (Å²) < 4.78 is 44.8. The zero-order valence-electron chi connectivity index (χ0n) is 16.7. The third-order valence-electron chi connectivity index (χ3n) is 5.39. The lowest BCUT2D eigenvalue weighted by molar-refractivity contribution is 0.0716. The van der Waals surface area contributed by atoms with Gasteiger partial charge in [-0.2, -0.15) is 0 Å². The molecule has 2 aliphatic heterocycles. The summed E-state index contributed by atoms with van der Waals surface area (Å²) in [7, 11) is -3.92. The summed E-state index contributed by atoms with van der Waals surface area (Å²) in [6.45, 7) is 2.18. The second-order valence-corrected chi connectivity index (χ2v) is 9.19. The minimum Gasteiger partial charge on any atom is -0.486 e. The number of aromatic nitrogens is 1. The molecule has 1 N–H and O–H groups in total. The number of piperidine rings is 1. The number of rotatable bonds is 4. The van der Waals surface area contributed by atoms with Crippen molar-refractivity contribution < 1.29 is 27.2 Å². The zero-order chi connectivity index (χ0) is 21.4. The topological polar surface area (TPSA) is 111 Å². The standard InChI is InChI=1S/C21H21N3O6S/c25-21(24-8-2-1-3-9-24)20-16-13-15(5-7-17(16)30-22-20)31(26,27)23-14-4-6-18-19(12-14)29-11-10-28-18/h4-7,12-13,23H,1-3,8-11H2. The predicted octanol–water partition coefficient (Wildman–Crippen LogP) is 3.03. The van der Waals surface area contributed by atoms with Crippen LogP contribution in [-0.2, 0) is 10.0 Å². The van der Waals surface area contributed by atoms with Crippen molar-refractivity contribution in [2.24, 2.45) is 0 Å². The van der Waals surface area contributed by atoms with Crippen LogP contribution in [0, 0.1) is 0 Å². The molecule has 1 fully saturated rings. The number of nitrogens with zero attached hydrogens (tertiary/aromatic N) is 2. The highest BCUT2D eigenvalue weighted by Crippen LogP contribution is 2.33. The molecule has 1 aromatic heterocycles. The number of fused-ring (bicyclic) bond motifs is 2. The number of amides is 1. The van der Waals surface area contributed by atoms with Crippen molar-refractivity contribution in [2.45, 2.75) is 24.2 Å². The molecule has 3 aromatic rings. The van der Waals surface area contributed by atoms with Gasteiger partial charge in [0, 0.05) is 19.2 Å². The number of hydrogen-bond donors (Lipinski definition) is 1. The van der Waals surface area contributed by atoms with Gasteiger partial charge in [0.1, 0.15) is 13.2 Å². The van der Waals surface area contributed by atoms with Gasteiger partial charge in [-0.25, -0.2) is 8.42 Å². The molecule has 5 rings (SSSR count). The van der Waals surface area contributed by atoms with Crippen LogP contribution in [0.15, 0.2) is 45.8 Å². The van der Waals surface area contributed by atoms with Crippen LogP contribution in [0.3, 0.4) is 0 Å². The van der Waals surface area contributed by atoms with Gasteiger partial charge in [0.15, 0.2) is 22.8 Å². The Hall–Kier alpha value is -3.27. The molecule has 0 spiro atoms. The van der Waals surface area contributed by atoms with E-state index in [1.54, 1.807) is 23.1 Å². The van der Waals surface area contributed by atoms with Crippen molar-refractivity contribution in [3.63, 3.8) is 0 Å². The van der Waals surface area contributed by atoms with E-state index >= 15 is 0 Å². The average Bonchev–Trinajstić information content (AvgIpc) is 3.22. The first-order chi connectivity index (χ1) is 15.0. The fraction of sp³-hybridized carbons (Fsp3) is 0.333. The van der Waals surface area contributed by atoms with Crippen LogP contribution in [0.1, 0.15) is 29.8 Å². The summed E-state index contributed by atoms with van der Waals surface area (Å²) in [5.41, 5.74) is 0.839. The van der Waals surface area contributed by atoms with Gasteiger partial charge in [-0.15, -0.1) is 0 Å². The highest BCUT2D eigenvalue weighted by molar-refractivity contribution is 7.92. The van der Waals surface area contributed by atoms with Crippen molar-refractivity contribution in [2.75, 3.05) is 31.0 Å². The van der Waals surface area contributed by atoms with E-state index in [2.05, 4.69) is 9.88 Å². The summed E-state index contributed by atoms with van der Waals surface area (Å²) in [5.74, 6) is 0.809. The molecule has 2 aromatic carbocycles. The third kappa shape index (κ3) is 3.78. The highest BCUT2D eigenvalue weighted by atomic mass is 32.2. The fourth-order valence-corrected chi connectivity index (χ4v) is 4.88. The first-order valence-corrected chi connectivity index (χ1v) is 11.6. The molecular formula is C21H21N3O6S. The Morgan fingerprint density at radius 3 is 2.55 bits per heavy atom. The van der Waals surface area contributed by atoms with E-state index < -0.39 is 10.0 Å². The molecule has 0 radical (unpaired) electrons. The van der Waals surface area contributed by atoms with Crippen molar-refractivity contribution in [3.05, 3.63) is 42.1 Å². The maximum Gasteiger partial charge on any atom is 0.276 e. The van der Waals surface area contributed by atoms with Crippen LogP contribution in [0.25, 0.3) is 11.0 Å². The number of hydrogen-bond acceptors (Lipinski definition) is 7. The number of anilines is 1. The minimum absolute atomic E-state index is 0.00535. The largest absolute Gasteiger partial charge is 0.486 e. The lowest BCUT2D eigenvalue weighted by Crippen LogP contribution is -2.35. The molecule has 0 unspecified atom stereocenters. The van der Waals surface area contributed by atoms with E-state index in [4.69, 9.17) is 14.0 Å². The molecule has 0 aliphatic carbocycles. The number of carbonyl (C=O) groups is 1. The Kier molecular flexibility index (Phi) is 4.93. The molecule has 0 saturated carbocycles. The van der Waals surface area contributed by atoms with Crippen molar-refractivity contribution in [1.29, 1.82) is 0 Å². The quantitative estimate of drug-likeness (QED) is 0.660. The number of benzene rings is 2. The zero-order valence-corrected chi connectivity index (χ0v) is 17.5. The highest BCUT2D eigenvalue weighted by Gasteiger charge is 2.25. The van der Waals surface area contributed by atoms with Crippen LogP contribution in [0.5, 0.6) is 11.5 Å². The van der Waals surface area contributed by atoms with Gasteiger partial charge in [0.25, 0.3) is 15.9 Å². The maximum atomic E-state index is 13.0. The Bertz CT molecular complexity index is 1250. The molecule has 1 amide bonds. The number of ether oxygens (including phenoxy) is 2. The Morgan fingerprint density at radius 1 is 0.968 bits per heavy atom. The molecule has 162 valence electrons. The van der Waals surface area contributed by atoms with Gasteiger partial charge in [-0.05, 0) is 49.6 Å². The summed E-state index contributed by atoms with van der Waals surface area (Å²) in [5, 5.41) is 4.29. The first kappa shape index (κ1) is 19.7. The molecule has 10 heteroatoms. The van der Waals surface area contributed by atoms with Crippen LogP contribution in [0.2, 0.25) is 0 Å². The lowest BCUT2D eigenvalue weighted by Gasteiger charge is -2.25. The number of likely N-dealkylation sites (tertiary alicyclic amines) is 1. The molecule has 31 heavy (non-hydrogen) atoms. The van der Waals surface area contributed by atoms with Gasteiger partial charge in [-0.1, -0.05) is 5.16 Å². The predicted molar refractivity (Wildman–Crippen MR) is 112 cm³/mol. The summed E-state index contributed by atoms with van der Waals surface area (Å²) in [6, 6.07) is 9.19. The fourth-order valence-electron chi connectivity index (χ4n) is 3.81. The van der Waals surface area contributed by atoms with E-state index in [9.17, 15) is 13.2 Å². The third-order valence-corrected chi connectivity index (χ3v) is 6.77. The van der Waals surface area contributed by atoms with Crippen LogP contribution in [0.4, 0.5) is 5.69 Å². The van der Waals surface area contributed by atoms with E-state index in [0.29, 0.717) is 54.5 Å². The molecule has 2 aliphatic rings.